The van der Waals surface area contributed by atoms with Crippen molar-refractivity contribution in [1.29, 1.82) is 0 Å². The van der Waals surface area contributed by atoms with E-state index in [4.69, 9.17) is 15.0 Å². The van der Waals surface area contributed by atoms with Crippen LogP contribution in [0, 0.1) is 5.92 Å². The molecule has 4 rings (SSSR count). The van der Waals surface area contributed by atoms with Gasteiger partial charge in [0.25, 0.3) is 0 Å². The van der Waals surface area contributed by atoms with Crippen molar-refractivity contribution in [1.82, 2.24) is 20.4 Å². The molecule has 8 nitrogen and oxygen atoms in total. The molecule has 0 aliphatic carbocycles. The van der Waals surface area contributed by atoms with E-state index < -0.39 is 0 Å². The molecule has 0 fully saturated rings. The summed E-state index contributed by atoms with van der Waals surface area (Å²) in [4.78, 5) is 24.6. The van der Waals surface area contributed by atoms with Gasteiger partial charge in [0.1, 0.15) is 17.9 Å². The number of aromatic nitrogens is 3. The number of carbonyl (C=O) groups is 1. The van der Waals surface area contributed by atoms with Gasteiger partial charge in [0, 0.05) is 24.4 Å². The van der Waals surface area contributed by atoms with Gasteiger partial charge in [-0.25, -0.2) is 20.8 Å². The second kappa shape index (κ2) is 10.1. The molecule has 8 heteroatoms. The van der Waals surface area contributed by atoms with Crippen LogP contribution in [-0.2, 0) is 11.4 Å². The minimum absolute atomic E-state index is 0.0118. The number of fused-ring (bicyclic) bond motifs is 1. The molecule has 168 valence electrons. The molecule has 0 aliphatic heterocycles. The molecule has 0 aliphatic rings. The second-order valence-electron chi connectivity index (χ2n) is 7.58. The summed E-state index contributed by atoms with van der Waals surface area (Å²) in [6, 6.07) is 15.0. The molecular weight excluding hydrogens is 418 g/mol. The number of ether oxygens (including phenoxy) is 1. The maximum absolute atomic E-state index is 11.7. The topological polar surface area (TPSA) is 116 Å². The first-order valence-electron chi connectivity index (χ1n) is 10.7. The fourth-order valence-electron chi connectivity index (χ4n) is 3.53. The molecular formula is C25H25N5O3. The molecule has 1 atom stereocenters. The number of nitrogens with two attached hydrogens (primary N) is 1. The molecule has 0 saturated heterocycles. The fourth-order valence-corrected chi connectivity index (χ4v) is 3.53. The number of nitrogens with one attached hydrogen (secondary N) is 1. The highest BCUT2D eigenvalue weighted by molar-refractivity contribution is 5.83. The molecule has 0 radical (unpaired) electrons. The number of allylic oxidation sites excluding steroid dienone is 1. The molecule has 1 unspecified atom stereocenters. The lowest BCUT2D eigenvalue weighted by atomic mass is 9.89. The van der Waals surface area contributed by atoms with E-state index in [0.717, 1.165) is 28.6 Å². The Morgan fingerprint density at radius 1 is 1.18 bits per heavy atom. The molecule has 1 amide bonds. The predicted molar refractivity (Wildman–Crippen MR) is 126 cm³/mol. The van der Waals surface area contributed by atoms with E-state index >= 15 is 0 Å². The number of hydrogen-bond donors (Lipinski definition) is 2. The number of carbonyl (C=O) groups excluding carboxylic acids is 1. The molecule has 3 N–H and O–H groups in total. The highest BCUT2D eigenvalue weighted by atomic mass is 16.5. The normalized spacial score (nSPS) is 11.8. The first-order chi connectivity index (χ1) is 16.1. The Bertz CT molecular complexity index is 1250. The number of hydrazine groups is 1. The van der Waals surface area contributed by atoms with Crippen LogP contribution in [0.25, 0.3) is 28.1 Å². The molecule has 0 saturated carbocycles. The third-order valence-corrected chi connectivity index (χ3v) is 5.43. The largest absolute Gasteiger partial charge is 0.486 e. The van der Waals surface area contributed by atoms with Gasteiger partial charge in [0.2, 0.25) is 11.8 Å². The molecule has 0 bridgehead atoms. The first kappa shape index (κ1) is 22.2. The monoisotopic (exact) mass is 443 g/mol. The molecule has 2 heterocycles. The number of amides is 1. The van der Waals surface area contributed by atoms with Gasteiger partial charge in [0.15, 0.2) is 11.4 Å². The third-order valence-electron chi connectivity index (χ3n) is 5.43. The van der Waals surface area contributed by atoms with Crippen LogP contribution < -0.4 is 16.0 Å². The lowest BCUT2D eigenvalue weighted by Gasteiger charge is -2.17. The molecule has 2 aromatic heterocycles. The maximum Gasteiger partial charge on any atom is 0.234 e. The summed E-state index contributed by atoms with van der Waals surface area (Å²) in [5.41, 5.74) is 6.20. The summed E-state index contributed by atoms with van der Waals surface area (Å²) in [5.74, 6) is 6.84. The van der Waals surface area contributed by atoms with Crippen molar-refractivity contribution in [3.63, 3.8) is 0 Å². The van der Waals surface area contributed by atoms with E-state index in [2.05, 4.69) is 27.0 Å². The number of hydrogen-bond acceptors (Lipinski definition) is 7. The van der Waals surface area contributed by atoms with Gasteiger partial charge in [0.05, 0.1) is 0 Å². The van der Waals surface area contributed by atoms with Crippen LogP contribution in [0.4, 0.5) is 0 Å². The van der Waals surface area contributed by atoms with Gasteiger partial charge < -0.3 is 9.15 Å². The Balaban J connectivity index is 1.49. The Hall–Kier alpha value is -4.04. The minimum Gasteiger partial charge on any atom is -0.486 e. The molecule has 2 aromatic carbocycles. The SMILES string of the molecule is C=C(c1ccc2nc(-c3ccc(OCc4ncccn4)cc3)oc2c1)C(CC)CC(=O)NN. The van der Waals surface area contributed by atoms with Crippen molar-refractivity contribution in [2.24, 2.45) is 11.8 Å². The van der Waals surface area contributed by atoms with Crippen molar-refractivity contribution in [3.8, 4) is 17.2 Å². The van der Waals surface area contributed by atoms with Crippen molar-refractivity contribution < 1.29 is 13.9 Å². The van der Waals surface area contributed by atoms with E-state index in [1.807, 2.05) is 49.4 Å². The Kier molecular flexibility index (Phi) is 6.75. The van der Waals surface area contributed by atoms with Gasteiger partial charge in [-0.3, -0.25) is 10.2 Å². The van der Waals surface area contributed by atoms with Crippen LogP contribution in [0.15, 0.2) is 71.9 Å². The van der Waals surface area contributed by atoms with E-state index in [1.165, 1.54) is 0 Å². The van der Waals surface area contributed by atoms with Crippen molar-refractivity contribution in [2.45, 2.75) is 26.4 Å². The van der Waals surface area contributed by atoms with Crippen LogP contribution in [0.2, 0.25) is 0 Å². The van der Waals surface area contributed by atoms with E-state index in [0.29, 0.717) is 29.7 Å². The minimum atomic E-state index is -0.213. The summed E-state index contributed by atoms with van der Waals surface area (Å²) in [7, 11) is 0. The quantitative estimate of drug-likeness (QED) is 0.225. The van der Waals surface area contributed by atoms with E-state index in [9.17, 15) is 4.79 Å². The maximum atomic E-state index is 11.7. The molecule has 0 spiro atoms. The average molecular weight is 444 g/mol. The van der Waals surface area contributed by atoms with Gasteiger partial charge >= 0.3 is 0 Å². The highest BCUT2D eigenvalue weighted by Gasteiger charge is 2.17. The fraction of sp³-hybridized carbons (Fsp3) is 0.200. The Morgan fingerprint density at radius 2 is 1.94 bits per heavy atom. The average Bonchev–Trinajstić information content (AvgIpc) is 3.30. The lowest BCUT2D eigenvalue weighted by Crippen LogP contribution is -2.31. The first-order valence-corrected chi connectivity index (χ1v) is 10.7. The van der Waals surface area contributed by atoms with E-state index in [1.54, 1.807) is 18.5 Å². The summed E-state index contributed by atoms with van der Waals surface area (Å²) in [6.45, 7) is 6.51. The number of benzene rings is 2. The Labute approximate surface area is 191 Å². The van der Waals surface area contributed by atoms with Gasteiger partial charge in [-0.1, -0.05) is 19.6 Å². The molecule has 33 heavy (non-hydrogen) atoms. The van der Waals surface area contributed by atoms with Gasteiger partial charge in [-0.05, 0) is 65.9 Å². The summed E-state index contributed by atoms with van der Waals surface area (Å²) in [6.07, 6.45) is 4.43. The lowest BCUT2D eigenvalue weighted by molar-refractivity contribution is -0.121. The Morgan fingerprint density at radius 3 is 2.64 bits per heavy atom. The van der Waals surface area contributed by atoms with Gasteiger partial charge in [-0.15, -0.1) is 0 Å². The summed E-state index contributed by atoms with van der Waals surface area (Å²) < 4.78 is 11.7. The standard InChI is InChI=1S/C25H25N5O3/c1-3-17(14-24(31)30-26)16(2)19-7-10-21-22(13-19)33-25(29-21)18-5-8-20(9-6-18)32-15-23-27-11-4-12-28-23/h4-13,17H,2-3,14-15,26H2,1H3,(H,30,31). The second-order valence-corrected chi connectivity index (χ2v) is 7.58. The van der Waals surface area contributed by atoms with Crippen LogP contribution in [0.1, 0.15) is 31.2 Å². The smallest absolute Gasteiger partial charge is 0.234 e. The predicted octanol–water partition coefficient (Wildman–Crippen LogP) is 4.28. The zero-order chi connectivity index (χ0) is 23.2. The van der Waals surface area contributed by atoms with Crippen molar-refractivity contribution >= 4 is 22.6 Å². The molecule has 4 aromatic rings. The van der Waals surface area contributed by atoms with Crippen LogP contribution >= 0.6 is 0 Å². The summed E-state index contributed by atoms with van der Waals surface area (Å²) in [5, 5.41) is 0. The van der Waals surface area contributed by atoms with Crippen LogP contribution in [-0.4, -0.2) is 20.9 Å². The van der Waals surface area contributed by atoms with Crippen LogP contribution in [0.3, 0.4) is 0 Å². The van der Waals surface area contributed by atoms with Crippen LogP contribution in [0.5, 0.6) is 5.75 Å². The zero-order valence-corrected chi connectivity index (χ0v) is 18.3. The number of oxazole rings is 1. The van der Waals surface area contributed by atoms with E-state index in [-0.39, 0.29) is 18.2 Å². The van der Waals surface area contributed by atoms with Crippen molar-refractivity contribution in [3.05, 3.63) is 78.9 Å². The number of nitrogens with zero attached hydrogens (tertiary/aromatic N) is 3. The van der Waals surface area contributed by atoms with Crippen molar-refractivity contribution in [2.75, 3.05) is 0 Å². The number of rotatable bonds is 9. The highest BCUT2D eigenvalue weighted by Crippen LogP contribution is 2.31. The third kappa shape index (κ3) is 5.24. The van der Waals surface area contributed by atoms with Gasteiger partial charge in [-0.2, -0.15) is 0 Å². The zero-order valence-electron chi connectivity index (χ0n) is 18.3. The summed E-state index contributed by atoms with van der Waals surface area (Å²) >= 11 is 0.